The molecule has 0 saturated heterocycles. The van der Waals surface area contributed by atoms with E-state index in [1.165, 1.54) is 6.07 Å². The van der Waals surface area contributed by atoms with E-state index in [4.69, 9.17) is 0 Å². The highest BCUT2D eigenvalue weighted by Crippen LogP contribution is 2.15. The first-order valence-corrected chi connectivity index (χ1v) is 7.35. The van der Waals surface area contributed by atoms with Crippen LogP contribution in [0.2, 0.25) is 0 Å². The minimum Gasteiger partial charge on any atom is -0.207 e. The van der Waals surface area contributed by atoms with Crippen LogP contribution < -0.4 is 0 Å². The van der Waals surface area contributed by atoms with Crippen LogP contribution in [0.5, 0.6) is 0 Å². The second-order valence-electron chi connectivity index (χ2n) is 5.04. The fraction of sp³-hybridized carbons (Fsp3) is 0. The zero-order chi connectivity index (χ0) is 16.8. The minimum absolute atomic E-state index is 0.101. The third kappa shape index (κ3) is 3.88. The Morgan fingerprint density at radius 3 is 1.71 bits per heavy atom. The molecule has 0 atom stereocenters. The average molecular weight is 314 g/mol. The minimum atomic E-state index is -0.712. The van der Waals surface area contributed by atoms with Crippen molar-refractivity contribution in [2.24, 2.45) is 0 Å². The van der Waals surface area contributed by atoms with Gasteiger partial charge in [-0.3, -0.25) is 0 Å². The van der Waals surface area contributed by atoms with E-state index in [1.54, 1.807) is 0 Å². The van der Waals surface area contributed by atoms with Crippen LogP contribution in [0.15, 0.2) is 72.8 Å². The van der Waals surface area contributed by atoms with E-state index in [0.717, 1.165) is 17.2 Å². The van der Waals surface area contributed by atoms with Crippen molar-refractivity contribution in [2.75, 3.05) is 0 Å². The monoisotopic (exact) mass is 314 g/mol. The highest BCUT2D eigenvalue weighted by atomic mass is 19.1. The van der Waals surface area contributed by atoms with Crippen LogP contribution in [0.3, 0.4) is 0 Å². The van der Waals surface area contributed by atoms with Gasteiger partial charge in [0.25, 0.3) is 0 Å². The van der Waals surface area contributed by atoms with E-state index in [9.17, 15) is 8.78 Å². The molecule has 3 rings (SSSR count). The maximum atomic E-state index is 14.1. The van der Waals surface area contributed by atoms with Crippen molar-refractivity contribution < 1.29 is 8.78 Å². The highest BCUT2D eigenvalue weighted by molar-refractivity contribution is 5.55. The molecule has 0 bridgehead atoms. The summed E-state index contributed by atoms with van der Waals surface area (Å²) in [6.45, 7) is 0. The fourth-order valence-electron chi connectivity index (χ4n) is 2.12. The van der Waals surface area contributed by atoms with E-state index < -0.39 is 11.6 Å². The zero-order valence-corrected chi connectivity index (χ0v) is 12.7. The van der Waals surface area contributed by atoms with Crippen LogP contribution in [0.25, 0.3) is 0 Å². The first-order chi connectivity index (χ1) is 11.7. The van der Waals surface area contributed by atoms with Gasteiger partial charge in [0.1, 0.15) is 11.6 Å². The molecule has 0 aliphatic heterocycles. The van der Waals surface area contributed by atoms with E-state index in [0.29, 0.717) is 0 Å². The summed E-state index contributed by atoms with van der Waals surface area (Å²) in [5.41, 5.74) is 1.86. The summed E-state index contributed by atoms with van der Waals surface area (Å²) in [5, 5.41) is 0. The molecule has 3 aromatic carbocycles. The number of rotatable bonds is 0. The van der Waals surface area contributed by atoms with Gasteiger partial charge in [0.15, 0.2) is 0 Å². The number of benzene rings is 3. The van der Waals surface area contributed by atoms with E-state index in [-0.39, 0.29) is 11.1 Å². The standard InChI is InChI=1S/C22H12F2/c23-20-15-19(13-11-17-7-3-1-4-8-17)21(22(24)16-20)14-12-18-9-5-2-6-10-18/h1-10,15-16H. The van der Waals surface area contributed by atoms with Crippen molar-refractivity contribution in [3.05, 3.63) is 107 Å². The summed E-state index contributed by atoms with van der Waals surface area (Å²) >= 11 is 0. The third-order valence-electron chi connectivity index (χ3n) is 3.28. The van der Waals surface area contributed by atoms with Gasteiger partial charge in [-0.15, -0.1) is 0 Å². The molecule has 0 spiro atoms. The van der Waals surface area contributed by atoms with Gasteiger partial charge in [-0.2, -0.15) is 0 Å². The first kappa shape index (κ1) is 15.5. The Morgan fingerprint density at radius 1 is 0.583 bits per heavy atom. The molecule has 0 heterocycles. The van der Waals surface area contributed by atoms with Crippen LogP contribution in [0.4, 0.5) is 8.78 Å². The predicted octanol–water partition coefficient (Wildman–Crippen LogP) is 4.76. The van der Waals surface area contributed by atoms with Crippen molar-refractivity contribution in [1.82, 2.24) is 0 Å². The molecule has 0 radical (unpaired) electrons. The van der Waals surface area contributed by atoms with Crippen molar-refractivity contribution in [3.63, 3.8) is 0 Å². The second-order valence-corrected chi connectivity index (χ2v) is 5.04. The second kappa shape index (κ2) is 7.27. The molecular formula is C22H12F2. The van der Waals surface area contributed by atoms with E-state index >= 15 is 0 Å². The lowest BCUT2D eigenvalue weighted by molar-refractivity contribution is 0.580. The maximum absolute atomic E-state index is 14.1. The summed E-state index contributed by atoms with van der Waals surface area (Å²) in [4.78, 5) is 0. The van der Waals surface area contributed by atoms with E-state index in [2.05, 4.69) is 23.7 Å². The lowest BCUT2D eigenvalue weighted by atomic mass is 10.1. The van der Waals surface area contributed by atoms with Gasteiger partial charge in [0.05, 0.1) is 5.56 Å². The Bertz CT molecular complexity index is 967. The Hall–Kier alpha value is -3.36. The normalized spacial score (nSPS) is 9.42. The highest BCUT2D eigenvalue weighted by Gasteiger charge is 2.08. The molecule has 2 heteroatoms. The number of hydrogen-bond acceptors (Lipinski definition) is 0. The third-order valence-corrected chi connectivity index (χ3v) is 3.28. The predicted molar refractivity (Wildman–Crippen MR) is 91.2 cm³/mol. The van der Waals surface area contributed by atoms with Crippen molar-refractivity contribution >= 4 is 0 Å². The van der Waals surface area contributed by atoms with Gasteiger partial charge in [-0.25, -0.2) is 8.78 Å². The molecule has 0 amide bonds. The maximum Gasteiger partial charge on any atom is 0.143 e. The zero-order valence-electron chi connectivity index (χ0n) is 12.7. The van der Waals surface area contributed by atoms with Gasteiger partial charge in [-0.05, 0) is 30.3 Å². The van der Waals surface area contributed by atoms with Crippen molar-refractivity contribution in [2.45, 2.75) is 0 Å². The van der Waals surface area contributed by atoms with Crippen LogP contribution in [-0.4, -0.2) is 0 Å². The SMILES string of the molecule is Fc1cc(F)c(C#Cc2ccccc2)c(C#Cc2ccccc2)c1. The smallest absolute Gasteiger partial charge is 0.143 e. The lowest BCUT2D eigenvalue weighted by Crippen LogP contribution is -1.93. The molecule has 0 fully saturated rings. The van der Waals surface area contributed by atoms with E-state index in [1.807, 2.05) is 60.7 Å². The van der Waals surface area contributed by atoms with Gasteiger partial charge in [-0.1, -0.05) is 60.1 Å². The molecule has 0 N–H and O–H groups in total. The molecule has 3 aromatic rings. The average Bonchev–Trinajstić information content (AvgIpc) is 2.61. The summed E-state index contributed by atoms with van der Waals surface area (Å²) < 4.78 is 27.7. The first-order valence-electron chi connectivity index (χ1n) is 7.35. The molecule has 0 unspecified atom stereocenters. The van der Waals surface area contributed by atoms with Gasteiger partial charge in [0.2, 0.25) is 0 Å². The summed E-state index contributed by atoms with van der Waals surface area (Å²) in [7, 11) is 0. The Labute approximate surface area is 139 Å². The van der Waals surface area contributed by atoms with Crippen LogP contribution in [0, 0.1) is 35.3 Å². The fourth-order valence-corrected chi connectivity index (χ4v) is 2.12. The summed E-state index contributed by atoms with van der Waals surface area (Å²) in [5.74, 6) is 9.98. The van der Waals surface area contributed by atoms with Gasteiger partial charge in [0, 0.05) is 22.8 Å². The van der Waals surface area contributed by atoms with Gasteiger partial charge < -0.3 is 0 Å². The molecule has 0 aliphatic rings. The number of halogens is 2. The molecule has 0 nitrogen and oxygen atoms in total. The molecule has 24 heavy (non-hydrogen) atoms. The lowest BCUT2D eigenvalue weighted by Gasteiger charge is -2.00. The van der Waals surface area contributed by atoms with Gasteiger partial charge >= 0.3 is 0 Å². The molecular weight excluding hydrogens is 302 g/mol. The molecule has 114 valence electrons. The quantitative estimate of drug-likeness (QED) is 0.525. The van der Waals surface area contributed by atoms with Crippen LogP contribution in [0.1, 0.15) is 22.3 Å². The Morgan fingerprint density at radius 2 is 1.12 bits per heavy atom. The molecule has 0 aromatic heterocycles. The van der Waals surface area contributed by atoms with Crippen LogP contribution in [-0.2, 0) is 0 Å². The molecule has 0 aliphatic carbocycles. The van der Waals surface area contributed by atoms with Crippen molar-refractivity contribution in [3.8, 4) is 23.7 Å². The van der Waals surface area contributed by atoms with Crippen LogP contribution >= 0.6 is 0 Å². The topological polar surface area (TPSA) is 0 Å². The Balaban J connectivity index is 2.04. The number of hydrogen-bond donors (Lipinski definition) is 0. The Kier molecular flexibility index (Phi) is 4.70. The molecule has 0 saturated carbocycles. The summed E-state index contributed by atoms with van der Waals surface area (Å²) in [6, 6.07) is 20.5. The van der Waals surface area contributed by atoms with Crippen molar-refractivity contribution in [1.29, 1.82) is 0 Å². The summed E-state index contributed by atoms with van der Waals surface area (Å²) in [6.07, 6.45) is 0. The largest absolute Gasteiger partial charge is 0.207 e.